The molecule has 0 radical (unpaired) electrons. The molecule has 0 aliphatic carbocycles. The molecule has 1 aliphatic heterocycles. The first kappa shape index (κ1) is 31.2. The fraction of sp³-hybridized carbons (Fsp3) is 0.175. The molecule has 2 heterocycles. The van der Waals surface area contributed by atoms with Crippen LogP contribution in [0.25, 0.3) is 11.0 Å². The number of rotatable bonds is 9. The van der Waals surface area contributed by atoms with Gasteiger partial charge >= 0.3 is 0 Å². The first-order chi connectivity index (χ1) is 23.5. The highest BCUT2D eigenvalue weighted by Crippen LogP contribution is 2.47. The molecule has 2 N–H and O–H groups in total. The van der Waals surface area contributed by atoms with Crippen LogP contribution in [0, 0.1) is 0 Å². The number of Topliss-reactive ketones (excluding diaryl/α,β-unsaturated/α-hetero) is 1. The predicted octanol–water partition coefficient (Wildman–Crippen LogP) is 7.62. The van der Waals surface area contributed by atoms with Gasteiger partial charge in [0.25, 0.3) is 5.91 Å². The highest BCUT2D eigenvalue weighted by molar-refractivity contribution is 6.05. The van der Waals surface area contributed by atoms with Gasteiger partial charge in [0.15, 0.2) is 12.1 Å². The van der Waals surface area contributed by atoms with Gasteiger partial charge in [-0.3, -0.25) is 9.59 Å². The number of anilines is 1. The van der Waals surface area contributed by atoms with E-state index in [1.807, 2.05) is 79.1 Å². The van der Waals surface area contributed by atoms with E-state index in [4.69, 9.17) is 9.47 Å². The molecule has 7 rings (SSSR count). The molecule has 6 aromatic rings. The Morgan fingerprint density at radius 1 is 0.771 bits per heavy atom. The third kappa shape index (κ3) is 6.55. The molecule has 0 spiro atoms. The number of benzene rings is 5. The summed E-state index contributed by atoms with van der Waals surface area (Å²) in [7, 11) is 0. The highest BCUT2D eigenvalue weighted by Gasteiger charge is 2.42. The van der Waals surface area contributed by atoms with Crippen molar-refractivity contribution in [2.24, 2.45) is 0 Å². The maximum absolute atomic E-state index is 13.4. The molecule has 4 atom stereocenters. The number of hydrogen-bond acceptors (Lipinski definition) is 6. The van der Waals surface area contributed by atoms with E-state index in [1.165, 1.54) is 6.92 Å². The summed E-state index contributed by atoms with van der Waals surface area (Å²) in [5, 5.41) is 12.6. The number of imidazole rings is 1. The molecule has 0 bridgehead atoms. The van der Waals surface area contributed by atoms with Gasteiger partial charge in [0.05, 0.1) is 42.7 Å². The second-order valence-electron chi connectivity index (χ2n) is 12.0. The summed E-state index contributed by atoms with van der Waals surface area (Å²) in [4.78, 5) is 29.9. The third-order valence-electron chi connectivity index (χ3n) is 8.82. The number of amides is 1. The van der Waals surface area contributed by atoms with Gasteiger partial charge in [-0.05, 0) is 60.0 Å². The summed E-state index contributed by atoms with van der Waals surface area (Å²) in [6, 6.07) is 40.2. The topological polar surface area (TPSA) is 103 Å². The molecule has 1 fully saturated rings. The lowest BCUT2D eigenvalue weighted by atomic mass is 9.83. The minimum Gasteiger partial charge on any atom is -0.392 e. The van der Waals surface area contributed by atoms with Crippen LogP contribution in [-0.4, -0.2) is 32.5 Å². The van der Waals surface area contributed by atoms with Crippen LogP contribution >= 0.6 is 0 Å². The van der Waals surface area contributed by atoms with Crippen molar-refractivity contribution >= 4 is 28.4 Å². The Morgan fingerprint density at radius 3 is 2.29 bits per heavy atom. The molecule has 8 nitrogen and oxygen atoms in total. The smallest absolute Gasteiger partial charge is 0.255 e. The number of nitrogens with one attached hydrogen (secondary N) is 1. The second-order valence-corrected chi connectivity index (χ2v) is 12.0. The van der Waals surface area contributed by atoms with Crippen molar-refractivity contribution in [1.29, 1.82) is 0 Å². The van der Waals surface area contributed by atoms with E-state index in [1.54, 1.807) is 36.4 Å². The van der Waals surface area contributed by atoms with Crippen molar-refractivity contribution in [2.75, 3.05) is 5.32 Å². The van der Waals surface area contributed by atoms with E-state index in [2.05, 4.69) is 33.1 Å². The molecule has 5 aromatic carbocycles. The van der Waals surface area contributed by atoms with Crippen LogP contribution < -0.4 is 5.32 Å². The van der Waals surface area contributed by atoms with Crippen LogP contribution in [0.4, 0.5) is 5.69 Å². The number of hydrogen-bond donors (Lipinski definition) is 2. The summed E-state index contributed by atoms with van der Waals surface area (Å²) in [5.41, 5.74) is 6.93. The van der Waals surface area contributed by atoms with Crippen LogP contribution in [0.3, 0.4) is 0 Å². The van der Waals surface area contributed by atoms with Crippen molar-refractivity contribution < 1.29 is 24.2 Å². The molecule has 1 aromatic heterocycles. The van der Waals surface area contributed by atoms with E-state index in [9.17, 15) is 14.7 Å². The van der Waals surface area contributed by atoms with Crippen molar-refractivity contribution in [3.05, 3.63) is 167 Å². The van der Waals surface area contributed by atoms with E-state index in [0.29, 0.717) is 28.9 Å². The summed E-state index contributed by atoms with van der Waals surface area (Å²) in [6.07, 6.45) is 0.294. The Hall–Kier alpha value is -5.41. The lowest BCUT2D eigenvalue weighted by Gasteiger charge is -2.43. The third-order valence-corrected chi connectivity index (χ3v) is 8.82. The maximum atomic E-state index is 13.4. The van der Waals surface area contributed by atoms with Crippen LogP contribution in [0.15, 0.2) is 134 Å². The normalized spacial score (nSPS) is 19.2. The Labute approximate surface area is 278 Å². The quantitative estimate of drug-likeness (QED) is 0.158. The lowest BCUT2D eigenvalue weighted by Crippen LogP contribution is -2.39. The second kappa shape index (κ2) is 13.8. The molecule has 8 heteroatoms. The van der Waals surface area contributed by atoms with Crippen molar-refractivity contribution in [3.63, 3.8) is 0 Å². The molecule has 4 unspecified atom stereocenters. The van der Waals surface area contributed by atoms with Gasteiger partial charge in [0.1, 0.15) is 0 Å². The minimum absolute atomic E-state index is 0.0517. The standard InChI is InChI=1S/C40H35N3O5/c1-26(45)30-11-8-14-33(22-30)42-39(46)31-12-7-13-32(21-31)40-47-36(23-43-25-41-34-15-5-6-16-35(34)43)37(28-9-3-2-4-10-28)38(48-40)29-19-17-27(24-44)18-20-29/h2-22,25,36-38,40,44H,23-24H2,1H3,(H,42,46). The van der Waals surface area contributed by atoms with Crippen LogP contribution in [0.1, 0.15) is 68.2 Å². The monoisotopic (exact) mass is 637 g/mol. The van der Waals surface area contributed by atoms with Gasteiger partial charge in [-0.1, -0.05) is 91.0 Å². The number of para-hydroxylation sites is 2. The zero-order valence-corrected chi connectivity index (χ0v) is 26.4. The predicted molar refractivity (Wildman–Crippen MR) is 184 cm³/mol. The fourth-order valence-corrected chi connectivity index (χ4v) is 6.36. The first-order valence-corrected chi connectivity index (χ1v) is 15.9. The SMILES string of the molecule is CC(=O)c1cccc(NC(=O)c2cccc(C3OC(Cn4cnc5ccccc54)C(c4ccccc4)C(c4ccc(CO)cc4)O3)c2)c1. The molecular weight excluding hydrogens is 602 g/mol. The average Bonchev–Trinajstić information content (AvgIpc) is 3.54. The van der Waals surface area contributed by atoms with Gasteiger partial charge < -0.3 is 24.5 Å². The number of fused-ring (bicyclic) bond motifs is 1. The van der Waals surface area contributed by atoms with Crippen molar-refractivity contribution in [2.45, 2.75) is 44.5 Å². The largest absolute Gasteiger partial charge is 0.392 e. The van der Waals surface area contributed by atoms with Gasteiger partial charge in [-0.2, -0.15) is 0 Å². The Morgan fingerprint density at radius 2 is 1.50 bits per heavy atom. The first-order valence-electron chi connectivity index (χ1n) is 15.9. The van der Waals surface area contributed by atoms with Crippen LogP contribution in [-0.2, 0) is 22.6 Å². The Balaban J connectivity index is 1.26. The molecule has 48 heavy (non-hydrogen) atoms. The van der Waals surface area contributed by atoms with E-state index in [0.717, 1.165) is 27.7 Å². The van der Waals surface area contributed by atoms with E-state index < -0.39 is 12.4 Å². The highest BCUT2D eigenvalue weighted by atomic mass is 16.7. The lowest BCUT2D eigenvalue weighted by molar-refractivity contribution is -0.263. The molecule has 1 amide bonds. The van der Waals surface area contributed by atoms with Crippen LogP contribution in [0.5, 0.6) is 0 Å². The molecular formula is C40H35N3O5. The summed E-state index contributed by atoms with van der Waals surface area (Å²) < 4.78 is 15.8. The number of aliphatic hydroxyl groups excluding tert-OH is 1. The minimum atomic E-state index is -0.791. The number of aliphatic hydroxyl groups is 1. The maximum Gasteiger partial charge on any atom is 0.255 e. The zero-order valence-electron chi connectivity index (χ0n) is 26.4. The number of ketones is 1. The van der Waals surface area contributed by atoms with E-state index >= 15 is 0 Å². The molecule has 1 aliphatic rings. The summed E-state index contributed by atoms with van der Waals surface area (Å²) in [5.74, 6) is -0.580. The molecule has 0 saturated carbocycles. The summed E-state index contributed by atoms with van der Waals surface area (Å²) >= 11 is 0. The zero-order chi connectivity index (χ0) is 33.0. The van der Waals surface area contributed by atoms with Gasteiger partial charge in [-0.25, -0.2) is 4.98 Å². The Kier molecular flexibility index (Phi) is 8.94. The van der Waals surface area contributed by atoms with Crippen LogP contribution in [0.2, 0.25) is 0 Å². The number of aromatic nitrogens is 2. The summed E-state index contributed by atoms with van der Waals surface area (Å²) in [6.45, 7) is 1.95. The number of nitrogens with zero attached hydrogens (tertiary/aromatic N) is 2. The number of carbonyl (C=O) groups excluding carboxylic acids is 2. The number of carbonyl (C=O) groups is 2. The van der Waals surface area contributed by atoms with Crippen molar-refractivity contribution in [3.8, 4) is 0 Å². The van der Waals surface area contributed by atoms with Gasteiger partial charge in [-0.15, -0.1) is 0 Å². The van der Waals surface area contributed by atoms with Gasteiger partial charge in [0, 0.05) is 28.3 Å². The Bertz CT molecular complexity index is 2060. The average molecular weight is 638 g/mol. The van der Waals surface area contributed by atoms with Crippen molar-refractivity contribution in [1.82, 2.24) is 9.55 Å². The van der Waals surface area contributed by atoms with E-state index in [-0.39, 0.29) is 30.3 Å². The molecule has 240 valence electrons. The van der Waals surface area contributed by atoms with Gasteiger partial charge in [0.2, 0.25) is 0 Å². The number of ether oxygens (including phenoxy) is 2. The molecule has 1 saturated heterocycles. The fourth-order valence-electron chi connectivity index (χ4n) is 6.36.